The highest BCUT2D eigenvalue weighted by Gasteiger charge is 2.17. The van der Waals surface area contributed by atoms with E-state index in [1.54, 1.807) is 6.20 Å². The first kappa shape index (κ1) is 26.8. The molecule has 0 radical (unpaired) electrons. The van der Waals surface area contributed by atoms with Gasteiger partial charge in [0.25, 0.3) is 0 Å². The number of aromatic nitrogens is 5. The van der Waals surface area contributed by atoms with E-state index in [0.29, 0.717) is 17.5 Å². The molecular weight excluding hydrogens is 578 g/mol. The highest BCUT2D eigenvalue weighted by molar-refractivity contribution is 6.13. The molecule has 4 aromatic heterocycles. The number of nitrogens with zero attached hydrogens (tertiary/aromatic N) is 5. The van der Waals surface area contributed by atoms with Gasteiger partial charge in [-0.3, -0.25) is 9.97 Å². The molecule has 47 heavy (non-hydrogen) atoms. The molecule has 6 heteroatoms. The van der Waals surface area contributed by atoms with E-state index in [4.69, 9.17) is 29.3 Å². The molecule has 0 fully saturated rings. The van der Waals surface area contributed by atoms with Gasteiger partial charge in [-0.25, -0.2) is 15.0 Å². The van der Waals surface area contributed by atoms with Gasteiger partial charge >= 0.3 is 0 Å². The topological polar surface area (TPSA) is 77.6 Å². The maximum atomic E-state index is 6.13. The van der Waals surface area contributed by atoms with Crippen LogP contribution in [0.2, 0.25) is 0 Å². The average Bonchev–Trinajstić information content (AvgIpc) is 3.54. The molecule has 5 aromatic carbocycles. The van der Waals surface area contributed by atoms with Gasteiger partial charge in [-0.1, -0.05) is 109 Å². The Hall–Kier alpha value is -6.53. The van der Waals surface area contributed by atoms with E-state index in [1.165, 1.54) is 0 Å². The Kier molecular flexibility index (Phi) is 6.35. The number of hydrogen-bond donors (Lipinski definition) is 0. The number of hydrogen-bond acceptors (Lipinski definition) is 6. The van der Waals surface area contributed by atoms with Crippen molar-refractivity contribution in [2.75, 3.05) is 0 Å². The molecule has 0 N–H and O–H groups in total. The van der Waals surface area contributed by atoms with Crippen molar-refractivity contribution in [3.63, 3.8) is 0 Å². The van der Waals surface area contributed by atoms with E-state index in [-0.39, 0.29) is 0 Å². The lowest BCUT2D eigenvalue weighted by molar-refractivity contribution is 0.668. The monoisotopic (exact) mass is 603 g/mol. The summed E-state index contributed by atoms with van der Waals surface area (Å²) >= 11 is 0. The second kappa shape index (κ2) is 11.1. The molecule has 9 aromatic rings. The van der Waals surface area contributed by atoms with E-state index < -0.39 is 0 Å². The second-order valence-electron chi connectivity index (χ2n) is 11.3. The van der Waals surface area contributed by atoms with Crippen LogP contribution in [0.25, 0.3) is 89.4 Å². The summed E-state index contributed by atoms with van der Waals surface area (Å²) in [5.74, 6) is 1.90. The summed E-state index contributed by atoms with van der Waals surface area (Å²) in [6, 6.07) is 46.9. The summed E-state index contributed by atoms with van der Waals surface area (Å²) < 4.78 is 6.13. The van der Waals surface area contributed by atoms with Crippen LogP contribution >= 0.6 is 0 Å². The number of fused-ring (bicyclic) bond motifs is 4. The Morgan fingerprint density at radius 1 is 0.383 bits per heavy atom. The Balaban J connectivity index is 1.14. The maximum Gasteiger partial charge on any atom is 0.164 e. The molecule has 0 aliphatic heterocycles. The standard InChI is InChI=1S/C41H25N5O/c1-3-10-26(11-4-1)39-44-40(27-12-5-2-6-13-27)46-41(45-39)31-15-9-14-28(25-31)29-18-19-32-30(24-29)20-22-42-37(32)38-36-33-16-7-8-17-34(33)47-35(36)21-23-43-38/h1-25H. The zero-order chi connectivity index (χ0) is 31.2. The van der Waals surface area contributed by atoms with E-state index in [0.717, 1.165) is 71.9 Å². The van der Waals surface area contributed by atoms with Crippen molar-refractivity contribution in [3.05, 3.63) is 152 Å². The fraction of sp³-hybridized carbons (Fsp3) is 0. The van der Waals surface area contributed by atoms with Crippen LogP contribution in [0, 0.1) is 0 Å². The van der Waals surface area contributed by atoms with Gasteiger partial charge in [0.2, 0.25) is 0 Å². The SMILES string of the molecule is c1ccc(-c2nc(-c3ccccc3)nc(-c3cccc(-c4ccc5c(-c6nccc7oc8ccccc8c67)nccc5c4)c3)n2)cc1. The highest BCUT2D eigenvalue weighted by atomic mass is 16.3. The van der Waals surface area contributed by atoms with Gasteiger partial charge in [-0.15, -0.1) is 0 Å². The lowest BCUT2D eigenvalue weighted by Crippen LogP contribution is -2.00. The molecule has 0 aliphatic carbocycles. The Labute approximate surface area is 270 Å². The Morgan fingerprint density at radius 3 is 1.74 bits per heavy atom. The number of furan rings is 1. The molecule has 0 aliphatic rings. The fourth-order valence-corrected chi connectivity index (χ4v) is 6.17. The summed E-state index contributed by atoms with van der Waals surface area (Å²) in [6.07, 6.45) is 3.63. The molecule has 0 unspecified atom stereocenters. The average molecular weight is 604 g/mol. The quantitative estimate of drug-likeness (QED) is 0.195. The molecule has 0 saturated heterocycles. The van der Waals surface area contributed by atoms with Crippen LogP contribution in [-0.2, 0) is 0 Å². The predicted molar refractivity (Wildman–Crippen MR) is 187 cm³/mol. The van der Waals surface area contributed by atoms with E-state index in [9.17, 15) is 0 Å². The third-order valence-corrected chi connectivity index (χ3v) is 8.43. The molecule has 0 spiro atoms. The lowest BCUT2D eigenvalue weighted by Gasteiger charge is -2.11. The van der Waals surface area contributed by atoms with Crippen LogP contribution in [0.15, 0.2) is 156 Å². The van der Waals surface area contributed by atoms with Gasteiger partial charge in [-0.05, 0) is 46.8 Å². The first-order chi connectivity index (χ1) is 23.3. The van der Waals surface area contributed by atoms with Crippen molar-refractivity contribution >= 4 is 32.7 Å². The first-order valence-electron chi connectivity index (χ1n) is 15.4. The van der Waals surface area contributed by atoms with Crippen LogP contribution in [0.4, 0.5) is 0 Å². The third-order valence-electron chi connectivity index (χ3n) is 8.43. The summed E-state index contributed by atoms with van der Waals surface area (Å²) in [4.78, 5) is 24.3. The van der Waals surface area contributed by atoms with Gasteiger partial charge in [-0.2, -0.15) is 0 Å². The molecule has 4 heterocycles. The van der Waals surface area contributed by atoms with Crippen LogP contribution in [-0.4, -0.2) is 24.9 Å². The predicted octanol–water partition coefficient (Wildman–Crippen LogP) is 10.0. The highest BCUT2D eigenvalue weighted by Crippen LogP contribution is 2.38. The third kappa shape index (κ3) is 4.80. The van der Waals surface area contributed by atoms with E-state index in [1.807, 2.05) is 103 Å². The van der Waals surface area contributed by atoms with Crippen LogP contribution < -0.4 is 0 Å². The first-order valence-corrected chi connectivity index (χ1v) is 15.4. The van der Waals surface area contributed by atoms with Crippen molar-refractivity contribution in [2.45, 2.75) is 0 Å². The van der Waals surface area contributed by atoms with E-state index in [2.05, 4.69) is 42.5 Å². The summed E-state index contributed by atoms with van der Waals surface area (Å²) in [6.45, 7) is 0. The Morgan fingerprint density at radius 2 is 0.979 bits per heavy atom. The molecule has 9 rings (SSSR count). The van der Waals surface area contributed by atoms with Gasteiger partial charge < -0.3 is 4.42 Å². The van der Waals surface area contributed by atoms with E-state index >= 15 is 0 Å². The van der Waals surface area contributed by atoms with Gasteiger partial charge in [0.05, 0.1) is 11.1 Å². The van der Waals surface area contributed by atoms with Crippen LogP contribution in [0.3, 0.4) is 0 Å². The van der Waals surface area contributed by atoms with Gasteiger partial charge in [0.15, 0.2) is 17.5 Å². The van der Waals surface area contributed by atoms with Crippen molar-refractivity contribution < 1.29 is 4.42 Å². The van der Waals surface area contributed by atoms with Crippen molar-refractivity contribution in [2.24, 2.45) is 0 Å². The normalized spacial score (nSPS) is 11.4. The number of benzene rings is 5. The summed E-state index contributed by atoms with van der Waals surface area (Å²) in [5, 5.41) is 4.10. The molecule has 6 nitrogen and oxygen atoms in total. The van der Waals surface area contributed by atoms with Gasteiger partial charge in [0.1, 0.15) is 16.9 Å². The van der Waals surface area contributed by atoms with Crippen molar-refractivity contribution in [1.29, 1.82) is 0 Å². The van der Waals surface area contributed by atoms with Crippen molar-refractivity contribution in [1.82, 2.24) is 24.9 Å². The smallest absolute Gasteiger partial charge is 0.164 e. The van der Waals surface area contributed by atoms with Crippen molar-refractivity contribution in [3.8, 4) is 56.7 Å². The lowest BCUT2D eigenvalue weighted by atomic mass is 9.98. The van der Waals surface area contributed by atoms with Crippen LogP contribution in [0.5, 0.6) is 0 Å². The molecule has 0 amide bonds. The number of para-hydroxylation sites is 1. The summed E-state index contributed by atoms with van der Waals surface area (Å²) in [7, 11) is 0. The second-order valence-corrected chi connectivity index (χ2v) is 11.3. The Bertz CT molecular complexity index is 2520. The summed E-state index contributed by atoms with van der Waals surface area (Å²) in [5.41, 5.74) is 8.21. The molecule has 220 valence electrons. The minimum atomic E-state index is 0.623. The molecule has 0 bridgehead atoms. The largest absolute Gasteiger partial charge is 0.456 e. The molecule has 0 saturated carbocycles. The minimum absolute atomic E-state index is 0.623. The number of pyridine rings is 2. The van der Waals surface area contributed by atoms with Gasteiger partial charge in [0, 0.05) is 39.9 Å². The fourth-order valence-electron chi connectivity index (χ4n) is 6.17. The maximum absolute atomic E-state index is 6.13. The zero-order valence-electron chi connectivity index (χ0n) is 25.1. The minimum Gasteiger partial charge on any atom is -0.456 e. The molecule has 0 atom stereocenters. The van der Waals surface area contributed by atoms with Crippen LogP contribution in [0.1, 0.15) is 0 Å². The number of rotatable bonds is 5. The molecular formula is C41H25N5O. The zero-order valence-corrected chi connectivity index (χ0v) is 25.1.